The van der Waals surface area contributed by atoms with Gasteiger partial charge in [0.05, 0.1) is 11.8 Å². The molecule has 0 spiro atoms. The second-order valence-corrected chi connectivity index (χ2v) is 6.28. The summed E-state index contributed by atoms with van der Waals surface area (Å²) in [5.74, 6) is -0.461. The number of aromatic nitrogens is 2. The first-order chi connectivity index (χ1) is 12.1. The number of nitrogens with zero attached hydrogens (tertiary/aromatic N) is 4. The Labute approximate surface area is 146 Å². The Morgan fingerprint density at radius 3 is 2.72 bits per heavy atom. The number of β-amino-alcohol motifs (C(OH)–C–C–N with tert-alkyl or cyclic N) is 1. The van der Waals surface area contributed by atoms with E-state index in [2.05, 4.69) is 10.00 Å². The largest absolute Gasteiger partial charge is 0.392 e. The van der Waals surface area contributed by atoms with E-state index in [1.54, 1.807) is 29.3 Å². The van der Waals surface area contributed by atoms with Gasteiger partial charge in [-0.25, -0.2) is 9.07 Å². The van der Waals surface area contributed by atoms with Crippen LogP contribution in [0.2, 0.25) is 0 Å². The van der Waals surface area contributed by atoms with Crippen LogP contribution in [0.5, 0.6) is 0 Å². The Bertz CT molecular complexity index is 725. The molecule has 134 valence electrons. The van der Waals surface area contributed by atoms with Crippen molar-refractivity contribution in [2.24, 2.45) is 0 Å². The van der Waals surface area contributed by atoms with Crippen molar-refractivity contribution >= 4 is 5.91 Å². The van der Waals surface area contributed by atoms with Crippen LogP contribution in [0.3, 0.4) is 0 Å². The quantitative estimate of drug-likeness (QED) is 0.892. The second kappa shape index (κ2) is 7.76. The van der Waals surface area contributed by atoms with Crippen LogP contribution in [-0.4, -0.2) is 69.4 Å². The fraction of sp³-hybridized carbons (Fsp3) is 0.444. The second-order valence-electron chi connectivity index (χ2n) is 6.28. The first-order valence-electron chi connectivity index (χ1n) is 8.58. The van der Waals surface area contributed by atoms with Crippen molar-refractivity contribution < 1.29 is 14.3 Å². The molecule has 6 nitrogen and oxygen atoms in total. The van der Waals surface area contributed by atoms with Gasteiger partial charge in [0.1, 0.15) is 5.82 Å². The summed E-state index contributed by atoms with van der Waals surface area (Å²) in [7, 11) is 0. The van der Waals surface area contributed by atoms with Crippen molar-refractivity contribution in [2.45, 2.75) is 19.4 Å². The minimum atomic E-state index is -0.341. The average Bonchev–Trinajstić information content (AvgIpc) is 3.12. The summed E-state index contributed by atoms with van der Waals surface area (Å²) in [4.78, 5) is 16.5. The lowest BCUT2D eigenvalue weighted by Gasteiger charge is -2.35. The number of carbonyl (C=O) groups excluding carboxylic acids is 1. The molecular weight excluding hydrogens is 323 g/mol. The van der Waals surface area contributed by atoms with Crippen LogP contribution in [0.15, 0.2) is 36.5 Å². The number of benzene rings is 1. The van der Waals surface area contributed by atoms with Gasteiger partial charge in [0.15, 0.2) is 5.69 Å². The van der Waals surface area contributed by atoms with Crippen molar-refractivity contribution in [2.75, 3.05) is 32.7 Å². The van der Waals surface area contributed by atoms with Gasteiger partial charge in [-0.2, -0.15) is 5.10 Å². The first-order valence-corrected chi connectivity index (χ1v) is 8.58. The van der Waals surface area contributed by atoms with Crippen LogP contribution in [0.1, 0.15) is 23.8 Å². The van der Waals surface area contributed by atoms with Crippen molar-refractivity contribution in [3.05, 3.63) is 48.0 Å². The number of aliphatic hydroxyl groups excluding tert-OH is 1. The maximum Gasteiger partial charge on any atom is 0.274 e. The van der Waals surface area contributed by atoms with E-state index in [1.165, 1.54) is 16.8 Å². The standard InChI is InChI=1S/C18H23FN4O2/c1-2-16(24)13-21-8-10-22(11-9-21)18(25)17-6-7-23(20-17)15-5-3-4-14(19)12-15/h3-7,12,16,24H,2,8-11,13H2,1H3/t16-/m1/s1. The number of piperazine rings is 1. The lowest BCUT2D eigenvalue weighted by Crippen LogP contribution is -2.50. The van der Waals surface area contributed by atoms with Gasteiger partial charge in [0.25, 0.3) is 5.91 Å². The van der Waals surface area contributed by atoms with E-state index in [0.29, 0.717) is 31.0 Å². The molecule has 25 heavy (non-hydrogen) atoms. The van der Waals surface area contributed by atoms with E-state index in [9.17, 15) is 14.3 Å². The normalized spacial score (nSPS) is 16.8. The zero-order valence-electron chi connectivity index (χ0n) is 14.3. The SMILES string of the molecule is CC[C@@H](O)CN1CCN(C(=O)c2ccn(-c3cccc(F)c3)n2)CC1. The van der Waals surface area contributed by atoms with E-state index in [4.69, 9.17) is 0 Å². The van der Waals surface area contributed by atoms with Crippen LogP contribution in [0.4, 0.5) is 4.39 Å². The van der Waals surface area contributed by atoms with Crippen molar-refractivity contribution in [1.29, 1.82) is 0 Å². The summed E-state index contributed by atoms with van der Waals surface area (Å²) in [6, 6.07) is 7.74. The fourth-order valence-corrected chi connectivity index (χ4v) is 2.92. The van der Waals surface area contributed by atoms with Gasteiger partial charge in [0.2, 0.25) is 0 Å². The maximum absolute atomic E-state index is 13.3. The molecule has 0 unspecified atom stereocenters. The number of carbonyl (C=O) groups is 1. The summed E-state index contributed by atoms with van der Waals surface area (Å²) in [6.07, 6.45) is 2.08. The van der Waals surface area contributed by atoms with Crippen LogP contribution < -0.4 is 0 Å². The molecule has 1 aromatic carbocycles. The Balaban J connectivity index is 1.61. The van der Waals surface area contributed by atoms with Crippen LogP contribution in [0.25, 0.3) is 5.69 Å². The Morgan fingerprint density at radius 2 is 2.04 bits per heavy atom. The summed E-state index contributed by atoms with van der Waals surface area (Å²) in [6.45, 7) is 5.32. The van der Waals surface area contributed by atoms with E-state index in [0.717, 1.165) is 19.5 Å². The Morgan fingerprint density at radius 1 is 1.28 bits per heavy atom. The van der Waals surface area contributed by atoms with E-state index < -0.39 is 0 Å². The molecule has 1 aliphatic rings. The number of amides is 1. The molecule has 0 radical (unpaired) electrons. The minimum Gasteiger partial charge on any atom is -0.392 e. The predicted octanol–water partition coefficient (Wildman–Crippen LogP) is 1.54. The van der Waals surface area contributed by atoms with Gasteiger partial charge in [-0.3, -0.25) is 9.69 Å². The zero-order valence-corrected chi connectivity index (χ0v) is 14.3. The summed E-state index contributed by atoms with van der Waals surface area (Å²) < 4.78 is 14.8. The zero-order chi connectivity index (χ0) is 17.8. The van der Waals surface area contributed by atoms with Gasteiger partial charge >= 0.3 is 0 Å². The molecule has 1 aliphatic heterocycles. The number of hydrogen-bond donors (Lipinski definition) is 1. The molecule has 1 atom stereocenters. The molecule has 7 heteroatoms. The molecule has 2 heterocycles. The van der Waals surface area contributed by atoms with E-state index in [1.807, 2.05) is 6.92 Å². The molecule has 1 fully saturated rings. The Kier molecular flexibility index (Phi) is 5.45. The molecule has 2 aromatic rings. The number of hydrogen-bond acceptors (Lipinski definition) is 4. The monoisotopic (exact) mass is 346 g/mol. The number of rotatable bonds is 5. The average molecular weight is 346 g/mol. The maximum atomic E-state index is 13.3. The number of halogens is 1. The van der Waals surface area contributed by atoms with Gasteiger partial charge in [-0.05, 0) is 30.7 Å². The lowest BCUT2D eigenvalue weighted by atomic mass is 10.2. The summed E-state index contributed by atoms with van der Waals surface area (Å²) >= 11 is 0. The molecule has 0 saturated carbocycles. The van der Waals surface area contributed by atoms with Crippen LogP contribution in [-0.2, 0) is 0 Å². The number of aliphatic hydroxyl groups is 1. The third kappa shape index (κ3) is 4.24. The molecule has 1 N–H and O–H groups in total. The summed E-state index contributed by atoms with van der Waals surface area (Å²) in [5.41, 5.74) is 0.934. The molecule has 1 amide bonds. The molecule has 3 rings (SSSR count). The van der Waals surface area contributed by atoms with E-state index >= 15 is 0 Å². The van der Waals surface area contributed by atoms with Crippen molar-refractivity contribution in [3.63, 3.8) is 0 Å². The molecular formula is C18H23FN4O2. The fourth-order valence-electron chi connectivity index (χ4n) is 2.92. The third-order valence-electron chi connectivity index (χ3n) is 4.48. The highest BCUT2D eigenvalue weighted by atomic mass is 19.1. The van der Waals surface area contributed by atoms with Gasteiger partial charge in [-0.1, -0.05) is 13.0 Å². The smallest absolute Gasteiger partial charge is 0.274 e. The Hall–Kier alpha value is -2.25. The van der Waals surface area contributed by atoms with E-state index in [-0.39, 0.29) is 17.8 Å². The molecule has 0 bridgehead atoms. The lowest BCUT2D eigenvalue weighted by molar-refractivity contribution is 0.0519. The first kappa shape index (κ1) is 17.6. The highest BCUT2D eigenvalue weighted by molar-refractivity contribution is 5.92. The molecule has 0 aliphatic carbocycles. The highest BCUT2D eigenvalue weighted by Crippen LogP contribution is 2.12. The minimum absolute atomic E-state index is 0.120. The molecule has 1 saturated heterocycles. The third-order valence-corrected chi connectivity index (χ3v) is 4.48. The molecule has 1 aromatic heterocycles. The van der Waals surface area contributed by atoms with Gasteiger partial charge < -0.3 is 10.0 Å². The van der Waals surface area contributed by atoms with Gasteiger partial charge in [-0.15, -0.1) is 0 Å². The predicted molar refractivity (Wildman–Crippen MR) is 92.2 cm³/mol. The van der Waals surface area contributed by atoms with Crippen molar-refractivity contribution in [3.8, 4) is 5.69 Å². The van der Waals surface area contributed by atoms with Crippen LogP contribution in [0, 0.1) is 5.82 Å². The van der Waals surface area contributed by atoms with Crippen LogP contribution >= 0.6 is 0 Å². The highest BCUT2D eigenvalue weighted by Gasteiger charge is 2.24. The van der Waals surface area contributed by atoms with Gasteiger partial charge in [0, 0.05) is 38.9 Å². The topological polar surface area (TPSA) is 61.6 Å². The summed E-state index contributed by atoms with van der Waals surface area (Å²) in [5, 5.41) is 14.0. The van der Waals surface area contributed by atoms with Crippen molar-refractivity contribution in [1.82, 2.24) is 19.6 Å².